The van der Waals surface area contributed by atoms with Crippen molar-refractivity contribution in [1.82, 2.24) is 19.7 Å². The molecule has 0 bridgehead atoms. The molecule has 0 amide bonds. The zero-order chi connectivity index (χ0) is 20.5. The normalized spacial score (nSPS) is 16.2. The lowest BCUT2D eigenvalue weighted by Crippen LogP contribution is -2.19. The molecule has 3 aromatic rings. The summed E-state index contributed by atoms with van der Waals surface area (Å²) in [6.45, 7) is 4.06. The third kappa shape index (κ3) is 3.72. The van der Waals surface area contributed by atoms with Crippen molar-refractivity contribution in [3.05, 3.63) is 34.2 Å². The lowest BCUT2D eigenvalue weighted by Gasteiger charge is -2.22. The molecule has 8 nitrogen and oxygen atoms in total. The molecule has 2 aromatic heterocycles. The molecule has 0 saturated heterocycles. The van der Waals surface area contributed by atoms with E-state index in [0.29, 0.717) is 40.5 Å². The second kappa shape index (κ2) is 8.08. The minimum Gasteiger partial charge on any atom is -0.493 e. The van der Waals surface area contributed by atoms with Gasteiger partial charge in [0.2, 0.25) is 0 Å². The first-order valence-corrected chi connectivity index (χ1v) is 11.0. The number of nitrogens with one attached hydrogen (secondary N) is 1. The van der Waals surface area contributed by atoms with Crippen molar-refractivity contribution < 1.29 is 13.5 Å². The smallest absolute Gasteiger partial charge is 0.277 e. The summed E-state index contributed by atoms with van der Waals surface area (Å²) >= 11 is -2.12. The molecule has 0 spiro atoms. The lowest BCUT2D eigenvalue weighted by atomic mass is 9.95. The standard InChI is InChI=1S/C20H24N4O4S/c1-3-28-16-11-14(29(26)27)9-10-15(16)19-21-17-12(2)23-24(18(17)20(25)22-19)13-7-5-4-6-8-13/h9-11,13H,3-8H2,1-2H3,(H,26,27)(H,21,22,25). The van der Waals surface area contributed by atoms with Gasteiger partial charge in [-0.05, 0) is 44.9 Å². The SMILES string of the molecule is CCOc1cc(S(=O)O)ccc1-c1nc2c(C)nn(C3CCCCC3)c2c(=O)[nH]1. The minimum atomic E-state index is -2.12. The van der Waals surface area contributed by atoms with Gasteiger partial charge >= 0.3 is 0 Å². The number of aromatic amines is 1. The molecule has 0 radical (unpaired) electrons. The van der Waals surface area contributed by atoms with Crippen LogP contribution in [0.3, 0.4) is 0 Å². The van der Waals surface area contributed by atoms with E-state index in [4.69, 9.17) is 4.74 Å². The fourth-order valence-electron chi connectivity index (χ4n) is 3.99. The highest BCUT2D eigenvalue weighted by molar-refractivity contribution is 7.79. The number of ether oxygens (including phenoxy) is 1. The third-order valence-corrected chi connectivity index (χ3v) is 6.01. The molecule has 9 heteroatoms. The Balaban J connectivity index is 1.85. The number of hydrogen-bond acceptors (Lipinski definition) is 5. The largest absolute Gasteiger partial charge is 0.493 e. The quantitative estimate of drug-likeness (QED) is 0.615. The van der Waals surface area contributed by atoms with Crippen molar-refractivity contribution in [3.8, 4) is 17.1 Å². The maximum atomic E-state index is 13.0. The maximum Gasteiger partial charge on any atom is 0.277 e. The predicted molar refractivity (Wildman–Crippen MR) is 111 cm³/mol. The highest BCUT2D eigenvalue weighted by Gasteiger charge is 2.23. The van der Waals surface area contributed by atoms with Gasteiger partial charge in [-0.2, -0.15) is 5.10 Å². The highest BCUT2D eigenvalue weighted by atomic mass is 32.2. The monoisotopic (exact) mass is 416 g/mol. The summed E-state index contributed by atoms with van der Waals surface area (Å²) in [6, 6.07) is 4.89. The van der Waals surface area contributed by atoms with Gasteiger partial charge in [0.25, 0.3) is 5.56 Å². The second-order valence-electron chi connectivity index (χ2n) is 7.27. The predicted octanol–water partition coefficient (Wildman–Crippen LogP) is 3.58. The third-order valence-electron chi connectivity index (χ3n) is 5.35. The molecule has 1 aliphatic rings. The van der Waals surface area contributed by atoms with Crippen LogP contribution in [0.15, 0.2) is 27.9 Å². The van der Waals surface area contributed by atoms with Crippen molar-refractivity contribution >= 4 is 22.1 Å². The Morgan fingerprint density at radius 3 is 2.76 bits per heavy atom. The van der Waals surface area contributed by atoms with E-state index in [1.807, 2.05) is 18.5 Å². The number of aromatic nitrogens is 4. The molecule has 4 rings (SSSR count). The molecule has 1 unspecified atom stereocenters. The fraction of sp³-hybridized carbons (Fsp3) is 0.450. The Bertz CT molecular complexity index is 1130. The maximum absolute atomic E-state index is 13.0. The summed E-state index contributed by atoms with van der Waals surface area (Å²) in [4.78, 5) is 20.8. The van der Waals surface area contributed by atoms with E-state index < -0.39 is 11.1 Å². The zero-order valence-electron chi connectivity index (χ0n) is 16.5. The first-order valence-electron chi connectivity index (χ1n) is 9.86. The van der Waals surface area contributed by atoms with E-state index in [1.54, 1.807) is 6.07 Å². The summed E-state index contributed by atoms with van der Waals surface area (Å²) in [5.74, 6) is 0.750. The number of aryl methyl sites for hydroxylation is 1. The van der Waals surface area contributed by atoms with E-state index in [2.05, 4.69) is 15.1 Å². The topological polar surface area (TPSA) is 110 Å². The molecule has 1 aliphatic carbocycles. The fourth-order valence-corrected chi connectivity index (χ4v) is 4.38. The van der Waals surface area contributed by atoms with Crippen molar-refractivity contribution in [2.24, 2.45) is 0 Å². The number of hydrogen-bond donors (Lipinski definition) is 2. The number of benzene rings is 1. The Morgan fingerprint density at radius 2 is 2.07 bits per heavy atom. The van der Waals surface area contributed by atoms with Crippen LogP contribution in [0.4, 0.5) is 0 Å². The van der Waals surface area contributed by atoms with Gasteiger partial charge in [0, 0.05) is 0 Å². The molecule has 2 heterocycles. The van der Waals surface area contributed by atoms with Gasteiger partial charge in [-0.15, -0.1) is 0 Å². The summed E-state index contributed by atoms with van der Waals surface area (Å²) in [5.41, 5.74) is 2.11. The number of H-pyrrole nitrogens is 1. The van der Waals surface area contributed by atoms with Gasteiger partial charge in [0.15, 0.2) is 16.6 Å². The van der Waals surface area contributed by atoms with Crippen molar-refractivity contribution in [3.63, 3.8) is 0 Å². The molecule has 1 fully saturated rings. The summed E-state index contributed by atoms with van der Waals surface area (Å²) in [6.07, 6.45) is 5.55. The molecule has 1 saturated carbocycles. The van der Waals surface area contributed by atoms with Crippen LogP contribution in [0.1, 0.15) is 50.8 Å². The Morgan fingerprint density at radius 1 is 1.31 bits per heavy atom. The summed E-state index contributed by atoms with van der Waals surface area (Å²) in [7, 11) is 0. The van der Waals surface area contributed by atoms with Crippen LogP contribution < -0.4 is 10.3 Å². The second-order valence-corrected chi connectivity index (χ2v) is 8.24. The van der Waals surface area contributed by atoms with Crippen LogP contribution in [-0.2, 0) is 11.1 Å². The van der Waals surface area contributed by atoms with Gasteiger partial charge in [0.1, 0.15) is 17.1 Å². The van der Waals surface area contributed by atoms with E-state index in [9.17, 15) is 13.6 Å². The summed E-state index contributed by atoms with van der Waals surface area (Å²) < 4.78 is 28.2. The van der Waals surface area contributed by atoms with Crippen LogP contribution in [-0.4, -0.2) is 35.1 Å². The Hall–Kier alpha value is -2.52. The summed E-state index contributed by atoms with van der Waals surface area (Å²) in [5, 5.41) is 4.63. The molecule has 2 N–H and O–H groups in total. The van der Waals surface area contributed by atoms with Crippen LogP contribution in [0, 0.1) is 6.92 Å². The number of fused-ring (bicyclic) bond motifs is 1. The minimum absolute atomic E-state index is 0.224. The van der Waals surface area contributed by atoms with Crippen LogP contribution >= 0.6 is 0 Å². The first kappa shape index (κ1) is 19.8. The Kier molecular flexibility index (Phi) is 5.51. The van der Waals surface area contributed by atoms with Crippen LogP contribution in [0.2, 0.25) is 0 Å². The van der Waals surface area contributed by atoms with Gasteiger partial charge in [0.05, 0.1) is 28.8 Å². The Labute approximate surface area is 170 Å². The molecular weight excluding hydrogens is 392 g/mol. The van der Waals surface area contributed by atoms with Crippen LogP contribution in [0.5, 0.6) is 5.75 Å². The average molecular weight is 417 g/mol. The zero-order valence-corrected chi connectivity index (χ0v) is 17.3. The number of nitrogens with zero attached hydrogens (tertiary/aromatic N) is 3. The van der Waals surface area contributed by atoms with Gasteiger partial charge < -0.3 is 14.3 Å². The van der Waals surface area contributed by atoms with Crippen molar-refractivity contribution in [2.45, 2.75) is 56.9 Å². The van der Waals surface area contributed by atoms with Crippen molar-refractivity contribution in [2.75, 3.05) is 6.61 Å². The highest BCUT2D eigenvalue weighted by Crippen LogP contribution is 2.32. The van der Waals surface area contributed by atoms with Gasteiger partial charge in [-0.3, -0.25) is 9.48 Å². The molecule has 1 aromatic carbocycles. The average Bonchev–Trinajstić information content (AvgIpc) is 3.06. The molecule has 1 atom stereocenters. The first-order chi connectivity index (χ1) is 14.0. The molecule has 154 valence electrons. The number of rotatable bonds is 5. The van der Waals surface area contributed by atoms with Crippen molar-refractivity contribution in [1.29, 1.82) is 0 Å². The van der Waals surface area contributed by atoms with E-state index in [-0.39, 0.29) is 16.5 Å². The van der Waals surface area contributed by atoms with E-state index >= 15 is 0 Å². The molecule has 29 heavy (non-hydrogen) atoms. The van der Waals surface area contributed by atoms with E-state index in [1.165, 1.54) is 18.6 Å². The van der Waals surface area contributed by atoms with Gasteiger partial charge in [-0.25, -0.2) is 9.19 Å². The van der Waals surface area contributed by atoms with Crippen LogP contribution in [0.25, 0.3) is 22.4 Å². The van der Waals surface area contributed by atoms with E-state index in [0.717, 1.165) is 25.7 Å². The molecule has 0 aliphatic heterocycles. The van der Waals surface area contributed by atoms with Gasteiger partial charge in [-0.1, -0.05) is 19.3 Å². The lowest BCUT2D eigenvalue weighted by molar-refractivity contribution is 0.336. The molecular formula is C20H24N4O4S.